The molecule has 3 aliphatic heterocycles. The lowest BCUT2D eigenvalue weighted by molar-refractivity contribution is -0.261. The summed E-state index contributed by atoms with van der Waals surface area (Å²) in [5.41, 5.74) is 0.514. The first-order chi connectivity index (χ1) is 26.6. The van der Waals surface area contributed by atoms with E-state index in [0.717, 1.165) is 129 Å². The van der Waals surface area contributed by atoms with Crippen molar-refractivity contribution in [2.24, 2.45) is 27.6 Å². The summed E-state index contributed by atoms with van der Waals surface area (Å²) in [5.74, 6) is 0.306. The van der Waals surface area contributed by atoms with E-state index in [-0.39, 0.29) is 16.6 Å². The van der Waals surface area contributed by atoms with Gasteiger partial charge in [0.05, 0.1) is 63.0 Å². The van der Waals surface area contributed by atoms with E-state index in [2.05, 4.69) is 20.8 Å². The van der Waals surface area contributed by atoms with E-state index in [1.165, 1.54) is 83.5 Å². The SMILES string of the molecule is CCCCC1(CCCCOC(=C(C)C(=O)O)C23CC4CC(OCCCCC5(CCCC)COC5)(CC(OCCCCC5(CCCC)COC5)(C4)C2)C3)COC1. The van der Waals surface area contributed by atoms with Gasteiger partial charge in [0.1, 0.15) is 5.76 Å². The van der Waals surface area contributed by atoms with Gasteiger partial charge in [0, 0.05) is 41.3 Å². The van der Waals surface area contributed by atoms with Crippen molar-refractivity contribution in [3.05, 3.63) is 11.3 Å². The van der Waals surface area contributed by atoms with Crippen LogP contribution in [0.5, 0.6) is 0 Å². The molecule has 3 heterocycles. The molecule has 316 valence electrons. The quantitative estimate of drug-likeness (QED) is 0.0456. The summed E-state index contributed by atoms with van der Waals surface area (Å²) in [7, 11) is 0. The lowest BCUT2D eigenvalue weighted by Crippen LogP contribution is -2.65. The standard InChI is InChI=1S/C47H80O8/c1-5-8-17-42(32-50-33-42)20-11-14-23-53-40(38(4)41(48)49)45-26-39-27-46(29-45,54-24-15-12-21-43(18-9-6-2)34-51-35-43)31-47(28-39,30-45)55-25-16-13-22-44(19-10-7-3)36-52-37-44/h39H,5-37H2,1-4H3,(H,48,49). The van der Waals surface area contributed by atoms with Crippen molar-refractivity contribution in [1.82, 2.24) is 0 Å². The van der Waals surface area contributed by atoms with Gasteiger partial charge in [0.25, 0.3) is 0 Å². The first kappa shape index (κ1) is 43.4. The molecule has 0 aromatic heterocycles. The molecule has 1 N–H and O–H groups in total. The minimum Gasteiger partial charge on any atom is -0.497 e. The normalized spacial score (nSPS) is 31.3. The molecule has 4 bridgehead atoms. The van der Waals surface area contributed by atoms with Crippen LogP contribution in [-0.4, -0.2) is 81.7 Å². The fourth-order valence-corrected chi connectivity index (χ4v) is 12.2. The lowest BCUT2D eigenvalue weighted by Gasteiger charge is -2.66. The van der Waals surface area contributed by atoms with E-state index in [9.17, 15) is 9.90 Å². The predicted octanol–water partition coefficient (Wildman–Crippen LogP) is 11.0. The van der Waals surface area contributed by atoms with Gasteiger partial charge in [0.2, 0.25) is 0 Å². The Morgan fingerprint density at radius 2 is 0.964 bits per heavy atom. The predicted molar refractivity (Wildman–Crippen MR) is 217 cm³/mol. The molecule has 0 radical (unpaired) electrons. The van der Waals surface area contributed by atoms with Gasteiger partial charge in [-0.05, 0) is 109 Å². The number of hydrogen-bond acceptors (Lipinski definition) is 7. The summed E-state index contributed by atoms with van der Waals surface area (Å²) in [4.78, 5) is 12.8. The third-order valence-corrected chi connectivity index (χ3v) is 15.1. The van der Waals surface area contributed by atoms with Gasteiger partial charge in [-0.15, -0.1) is 0 Å². The number of rotatable bonds is 29. The van der Waals surface area contributed by atoms with Crippen molar-refractivity contribution in [3.8, 4) is 0 Å². The molecule has 8 heteroatoms. The monoisotopic (exact) mass is 773 g/mol. The molecule has 7 rings (SSSR count). The molecule has 0 aromatic rings. The zero-order valence-electron chi connectivity index (χ0n) is 35.7. The molecule has 0 aromatic carbocycles. The molecule has 0 spiro atoms. The summed E-state index contributed by atoms with van der Waals surface area (Å²) in [6.45, 7) is 16.1. The zero-order valence-corrected chi connectivity index (χ0v) is 35.7. The van der Waals surface area contributed by atoms with Crippen molar-refractivity contribution in [2.45, 2.75) is 193 Å². The molecule has 2 unspecified atom stereocenters. The Morgan fingerprint density at radius 1 is 0.564 bits per heavy atom. The molecular weight excluding hydrogens is 693 g/mol. The number of aliphatic carboxylic acids is 1. The highest BCUT2D eigenvalue weighted by molar-refractivity contribution is 5.86. The van der Waals surface area contributed by atoms with Crippen molar-refractivity contribution in [1.29, 1.82) is 0 Å². The summed E-state index contributed by atoms with van der Waals surface area (Å²) in [6, 6.07) is 0. The fourth-order valence-electron chi connectivity index (χ4n) is 12.2. The van der Waals surface area contributed by atoms with Crippen molar-refractivity contribution in [3.63, 3.8) is 0 Å². The number of allylic oxidation sites excluding steroid dienone is 1. The van der Waals surface area contributed by atoms with Gasteiger partial charge >= 0.3 is 5.97 Å². The molecule has 7 fully saturated rings. The summed E-state index contributed by atoms with van der Waals surface area (Å²) in [5, 5.41) is 10.5. The number of carboxylic acids is 1. The average Bonchev–Trinajstić information content (AvgIpc) is 3.10. The molecule has 7 aliphatic rings. The number of hydrogen-bond donors (Lipinski definition) is 1. The fraction of sp³-hybridized carbons (Fsp3) is 0.936. The molecular formula is C47H80O8. The van der Waals surface area contributed by atoms with E-state index < -0.39 is 5.97 Å². The molecule has 4 aliphatic carbocycles. The van der Waals surface area contributed by atoms with Crippen LogP contribution in [0.3, 0.4) is 0 Å². The van der Waals surface area contributed by atoms with E-state index in [1.807, 2.05) is 0 Å². The highest BCUT2D eigenvalue weighted by Gasteiger charge is 2.66. The van der Waals surface area contributed by atoms with Crippen LogP contribution in [0, 0.1) is 27.6 Å². The van der Waals surface area contributed by atoms with Gasteiger partial charge in [-0.2, -0.15) is 0 Å². The Bertz CT molecular complexity index is 1200. The second-order valence-corrected chi connectivity index (χ2v) is 20.1. The second kappa shape index (κ2) is 19.3. The van der Waals surface area contributed by atoms with Crippen molar-refractivity contribution < 1.29 is 38.3 Å². The van der Waals surface area contributed by atoms with Gasteiger partial charge in [-0.3, -0.25) is 0 Å². The van der Waals surface area contributed by atoms with Gasteiger partial charge in [-0.1, -0.05) is 72.1 Å². The van der Waals surface area contributed by atoms with Crippen LogP contribution in [0.2, 0.25) is 0 Å². The second-order valence-electron chi connectivity index (χ2n) is 20.1. The highest BCUT2D eigenvalue weighted by atomic mass is 16.5. The van der Waals surface area contributed by atoms with Crippen LogP contribution < -0.4 is 0 Å². The van der Waals surface area contributed by atoms with Crippen LogP contribution in [0.15, 0.2) is 11.3 Å². The number of ether oxygens (including phenoxy) is 6. The Morgan fingerprint density at radius 3 is 1.33 bits per heavy atom. The number of unbranched alkanes of at least 4 members (excludes halogenated alkanes) is 6. The van der Waals surface area contributed by atoms with Crippen LogP contribution in [0.25, 0.3) is 0 Å². The minimum absolute atomic E-state index is 0.296. The van der Waals surface area contributed by atoms with E-state index in [0.29, 0.717) is 34.3 Å². The first-order valence-corrected chi connectivity index (χ1v) is 23.2. The smallest absolute Gasteiger partial charge is 0.334 e. The van der Waals surface area contributed by atoms with Crippen LogP contribution in [-0.2, 0) is 33.2 Å². The summed E-state index contributed by atoms with van der Waals surface area (Å²) in [6.07, 6.45) is 27.1. The Balaban J connectivity index is 1.12. The largest absolute Gasteiger partial charge is 0.497 e. The van der Waals surface area contributed by atoms with Gasteiger partial charge in [-0.25, -0.2) is 4.79 Å². The Hall–Kier alpha value is -1.19. The van der Waals surface area contributed by atoms with Gasteiger partial charge < -0.3 is 33.5 Å². The van der Waals surface area contributed by atoms with Crippen molar-refractivity contribution >= 4 is 5.97 Å². The minimum atomic E-state index is -0.866. The number of carbonyl (C=O) groups is 1. The maximum Gasteiger partial charge on any atom is 0.334 e. The highest BCUT2D eigenvalue weighted by Crippen LogP contribution is 2.68. The molecule has 2 atom stereocenters. The van der Waals surface area contributed by atoms with Crippen LogP contribution in [0.1, 0.15) is 182 Å². The summed E-state index contributed by atoms with van der Waals surface area (Å²) >= 11 is 0. The molecule has 8 nitrogen and oxygen atoms in total. The topological polar surface area (TPSA) is 92.7 Å². The Labute approximate surface area is 334 Å². The van der Waals surface area contributed by atoms with E-state index in [1.54, 1.807) is 6.92 Å². The van der Waals surface area contributed by atoms with E-state index >= 15 is 0 Å². The number of carboxylic acid groups (broad SMARTS) is 1. The molecule has 0 amide bonds. The zero-order chi connectivity index (χ0) is 38.9. The lowest BCUT2D eigenvalue weighted by atomic mass is 9.45. The van der Waals surface area contributed by atoms with Crippen molar-refractivity contribution in [2.75, 3.05) is 59.5 Å². The average molecular weight is 773 g/mol. The van der Waals surface area contributed by atoms with Crippen LogP contribution >= 0.6 is 0 Å². The maximum absolute atomic E-state index is 12.8. The van der Waals surface area contributed by atoms with E-state index in [4.69, 9.17) is 28.4 Å². The first-order valence-electron chi connectivity index (χ1n) is 23.2. The molecule has 55 heavy (non-hydrogen) atoms. The van der Waals surface area contributed by atoms with Crippen LogP contribution in [0.4, 0.5) is 0 Å². The summed E-state index contributed by atoms with van der Waals surface area (Å²) < 4.78 is 38.1. The third-order valence-electron chi connectivity index (χ3n) is 15.1. The maximum atomic E-state index is 12.8. The Kier molecular flexibility index (Phi) is 15.2. The van der Waals surface area contributed by atoms with Gasteiger partial charge in [0.15, 0.2) is 0 Å². The third kappa shape index (κ3) is 10.5. The molecule has 3 saturated heterocycles. The molecule has 4 saturated carbocycles.